The molecule has 3 nitrogen and oxygen atoms in total. The van der Waals surface area contributed by atoms with Crippen LogP contribution >= 0.6 is 0 Å². The summed E-state index contributed by atoms with van der Waals surface area (Å²) in [6, 6.07) is 7.84. The first kappa shape index (κ1) is 13.1. The second-order valence-electron chi connectivity index (χ2n) is 5.08. The van der Waals surface area contributed by atoms with E-state index in [0.29, 0.717) is 13.0 Å². The first-order valence-electron chi connectivity index (χ1n) is 6.69. The Hall–Kier alpha value is -1.35. The fourth-order valence-corrected chi connectivity index (χ4v) is 2.33. The molecule has 18 heavy (non-hydrogen) atoms. The molecule has 0 radical (unpaired) electrons. The Labute approximate surface area is 108 Å². The number of carbonyl (C=O) groups is 1. The van der Waals surface area contributed by atoms with Crippen molar-refractivity contribution < 1.29 is 9.90 Å². The van der Waals surface area contributed by atoms with Gasteiger partial charge in [0.2, 0.25) is 5.91 Å². The van der Waals surface area contributed by atoms with Gasteiger partial charge in [-0.25, -0.2) is 0 Å². The Balaban J connectivity index is 1.99. The van der Waals surface area contributed by atoms with Gasteiger partial charge >= 0.3 is 0 Å². The summed E-state index contributed by atoms with van der Waals surface area (Å²) in [5.41, 5.74) is 2.06. The van der Waals surface area contributed by atoms with Crippen LogP contribution in [-0.4, -0.2) is 29.0 Å². The summed E-state index contributed by atoms with van der Waals surface area (Å²) in [6.45, 7) is 3.22. The smallest absolute Gasteiger partial charge is 0.222 e. The first-order chi connectivity index (χ1) is 8.66. The van der Waals surface area contributed by atoms with Gasteiger partial charge in [0.15, 0.2) is 0 Å². The summed E-state index contributed by atoms with van der Waals surface area (Å²) in [6.07, 6.45) is 3.19. The number of β-amino-alcohol motifs (C(OH)–C–C–N with tert-alkyl or cyclic N) is 1. The average Bonchev–Trinajstić information content (AvgIpc) is 2.56. The minimum Gasteiger partial charge on any atom is -0.387 e. The van der Waals surface area contributed by atoms with E-state index in [1.807, 2.05) is 31.2 Å². The van der Waals surface area contributed by atoms with E-state index in [2.05, 4.69) is 0 Å². The van der Waals surface area contributed by atoms with Crippen molar-refractivity contribution in [3.63, 3.8) is 0 Å². The highest BCUT2D eigenvalue weighted by Gasteiger charge is 2.20. The molecular weight excluding hydrogens is 226 g/mol. The fraction of sp³-hybridized carbons (Fsp3) is 0.533. The molecule has 1 aliphatic heterocycles. The Bertz CT molecular complexity index is 399. The quantitative estimate of drug-likeness (QED) is 0.891. The van der Waals surface area contributed by atoms with Crippen LogP contribution in [0.3, 0.4) is 0 Å². The lowest BCUT2D eigenvalue weighted by molar-refractivity contribution is -0.132. The van der Waals surface area contributed by atoms with Crippen molar-refractivity contribution in [1.82, 2.24) is 4.90 Å². The van der Waals surface area contributed by atoms with Gasteiger partial charge < -0.3 is 10.0 Å². The third-order valence-electron chi connectivity index (χ3n) is 3.53. The van der Waals surface area contributed by atoms with Crippen LogP contribution < -0.4 is 0 Å². The zero-order valence-corrected chi connectivity index (χ0v) is 10.9. The molecule has 2 rings (SSSR count). The number of rotatable bonds is 3. The SMILES string of the molecule is Cc1ccc(C(O)CN2CCCCCC2=O)cc1. The van der Waals surface area contributed by atoms with Crippen LogP contribution in [0, 0.1) is 6.92 Å². The van der Waals surface area contributed by atoms with Gasteiger partial charge in [-0.1, -0.05) is 36.2 Å². The molecule has 1 N–H and O–H groups in total. The maximum absolute atomic E-state index is 11.9. The second-order valence-corrected chi connectivity index (χ2v) is 5.08. The Kier molecular flexibility index (Phi) is 4.37. The van der Waals surface area contributed by atoms with E-state index in [9.17, 15) is 9.90 Å². The summed E-state index contributed by atoms with van der Waals surface area (Å²) in [5, 5.41) is 10.2. The molecule has 1 amide bonds. The van der Waals surface area contributed by atoms with Gasteiger partial charge in [0, 0.05) is 13.0 Å². The van der Waals surface area contributed by atoms with E-state index in [1.165, 1.54) is 5.56 Å². The Morgan fingerprint density at radius 2 is 1.94 bits per heavy atom. The summed E-state index contributed by atoms with van der Waals surface area (Å²) < 4.78 is 0. The molecule has 0 saturated carbocycles. The number of carbonyl (C=O) groups excluding carboxylic acids is 1. The highest BCUT2D eigenvalue weighted by atomic mass is 16.3. The summed E-state index contributed by atoms with van der Waals surface area (Å²) in [4.78, 5) is 13.7. The number of aliphatic hydroxyl groups excluding tert-OH is 1. The van der Waals surface area contributed by atoms with Crippen LogP contribution in [0.2, 0.25) is 0 Å². The lowest BCUT2D eigenvalue weighted by Gasteiger charge is -2.24. The van der Waals surface area contributed by atoms with Crippen molar-refractivity contribution in [2.24, 2.45) is 0 Å². The van der Waals surface area contributed by atoms with Crippen molar-refractivity contribution in [3.8, 4) is 0 Å². The standard InChI is InChI=1S/C15H21NO2/c1-12-6-8-13(9-7-12)14(17)11-16-10-4-2-3-5-15(16)18/h6-9,14,17H,2-5,10-11H2,1H3. The summed E-state index contributed by atoms with van der Waals surface area (Å²) in [7, 11) is 0. The molecule has 3 heteroatoms. The van der Waals surface area contributed by atoms with Crippen LogP contribution in [0.15, 0.2) is 24.3 Å². The fourth-order valence-electron chi connectivity index (χ4n) is 2.33. The molecule has 1 aliphatic rings. The summed E-state index contributed by atoms with van der Waals surface area (Å²) in [5.74, 6) is 0.179. The Morgan fingerprint density at radius 3 is 2.67 bits per heavy atom. The van der Waals surface area contributed by atoms with Gasteiger partial charge in [0.25, 0.3) is 0 Å². The van der Waals surface area contributed by atoms with Gasteiger partial charge in [-0.3, -0.25) is 4.79 Å². The van der Waals surface area contributed by atoms with Crippen LogP contribution in [0.25, 0.3) is 0 Å². The third kappa shape index (κ3) is 3.33. The number of aryl methyl sites for hydroxylation is 1. The van der Waals surface area contributed by atoms with E-state index in [1.54, 1.807) is 4.90 Å². The largest absolute Gasteiger partial charge is 0.387 e. The number of hydrogen-bond acceptors (Lipinski definition) is 2. The molecule has 1 unspecified atom stereocenters. The Morgan fingerprint density at radius 1 is 1.22 bits per heavy atom. The summed E-state index contributed by atoms with van der Waals surface area (Å²) >= 11 is 0. The van der Waals surface area contributed by atoms with Crippen molar-refractivity contribution in [2.45, 2.75) is 38.7 Å². The maximum atomic E-state index is 11.9. The van der Waals surface area contributed by atoms with E-state index in [4.69, 9.17) is 0 Å². The minimum atomic E-state index is -0.576. The van der Waals surface area contributed by atoms with Gasteiger partial charge in [0.1, 0.15) is 0 Å². The van der Waals surface area contributed by atoms with Gasteiger partial charge in [0.05, 0.1) is 12.6 Å². The molecule has 0 aromatic heterocycles. The average molecular weight is 247 g/mol. The predicted molar refractivity (Wildman–Crippen MR) is 71.2 cm³/mol. The van der Waals surface area contributed by atoms with Crippen LogP contribution in [0.4, 0.5) is 0 Å². The number of aliphatic hydroxyl groups is 1. The molecule has 1 heterocycles. The van der Waals surface area contributed by atoms with E-state index >= 15 is 0 Å². The zero-order valence-electron chi connectivity index (χ0n) is 10.9. The third-order valence-corrected chi connectivity index (χ3v) is 3.53. The molecule has 0 spiro atoms. The normalized spacial score (nSPS) is 18.6. The topological polar surface area (TPSA) is 40.5 Å². The van der Waals surface area contributed by atoms with Crippen LogP contribution in [0.5, 0.6) is 0 Å². The monoisotopic (exact) mass is 247 g/mol. The number of likely N-dealkylation sites (tertiary alicyclic amines) is 1. The van der Waals surface area contributed by atoms with Gasteiger partial charge in [-0.2, -0.15) is 0 Å². The van der Waals surface area contributed by atoms with E-state index < -0.39 is 6.10 Å². The maximum Gasteiger partial charge on any atom is 0.222 e. The molecule has 1 aromatic carbocycles. The second kappa shape index (κ2) is 6.01. The highest BCUT2D eigenvalue weighted by molar-refractivity contribution is 5.76. The van der Waals surface area contributed by atoms with Crippen molar-refractivity contribution in [2.75, 3.05) is 13.1 Å². The van der Waals surface area contributed by atoms with E-state index in [0.717, 1.165) is 31.4 Å². The van der Waals surface area contributed by atoms with Crippen LogP contribution in [-0.2, 0) is 4.79 Å². The number of benzene rings is 1. The zero-order chi connectivity index (χ0) is 13.0. The predicted octanol–water partition coefficient (Wildman–Crippen LogP) is 2.43. The van der Waals surface area contributed by atoms with Crippen molar-refractivity contribution in [1.29, 1.82) is 0 Å². The highest BCUT2D eigenvalue weighted by Crippen LogP contribution is 2.18. The molecule has 1 saturated heterocycles. The van der Waals surface area contributed by atoms with Gasteiger partial charge in [-0.05, 0) is 25.3 Å². The van der Waals surface area contributed by atoms with Crippen molar-refractivity contribution in [3.05, 3.63) is 35.4 Å². The molecule has 98 valence electrons. The van der Waals surface area contributed by atoms with Crippen molar-refractivity contribution >= 4 is 5.91 Å². The molecule has 0 aliphatic carbocycles. The molecule has 1 aromatic rings. The molecular formula is C15H21NO2. The molecule has 0 bridgehead atoms. The number of amides is 1. The van der Waals surface area contributed by atoms with E-state index in [-0.39, 0.29) is 5.91 Å². The number of hydrogen-bond donors (Lipinski definition) is 1. The lowest BCUT2D eigenvalue weighted by Crippen LogP contribution is -2.34. The van der Waals surface area contributed by atoms with Gasteiger partial charge in [-0.15, -0.1) is 0 Å². The van der Waals surface area contributed by atoms with Crippen LogP contribution in [0.1, 0.15) is 42.9 Å². The first-order valence-corrected chi connectivity index (χ1v) is 6.69. The minimum absolute atomic E-state index is 0.179. The molecule has 1 fully saturated rings. The molecule has 1 atom stereocenters. The number of nitrogens with zero attached hydrogens (tertiary/aromatic N) is 1. The lowest BCUT2D eigenvalue weighted by atomic mass is 10.1.